The summed E-state index contributed by atoms with van der Waals surface area (Å²) >= 11 is 5.49. The van der Waals surface area contributed by atoms with Crippen LogP contribution in [-0.2, 0) is 22.7 Å². The van der Waals surface area contributed by atoms with Gasteiger partial charge in [-0.3, -0.25) is 0 Å². The zero-order valence-electron chi connectivity index (χ0n) is 12.3. The molecule has 0 aliphatic carbocycles. The molecule has 0 radical (unpaired) electrons. The Balaban J connectivity index is 2.36. The van der Waals surface area contributed by atoms with Gasteiger partial charge in [0.2, 0.25) is 10.0 Å². The van der Waals surface area contributed by atoms with Crippen molar-refractivity contribution in [2.75, 3.05) is 7.05 Å². The van der Waals surface area contributed by atoms with E-state index in [4.69, 9.17) is 11.6 Å². The molecular formula is C15H12ClF4NO2S. The van der Waals surface area contributed by atoms with Crippen LogP contribution in [0.25, 0.3) is 0 Å². The van der Waals surface area contributed by atoms with Gasteiger partial charge in [-0.1, -0.05) is 23.7 Å². The number of sulfonamides is 1. The Morgan fingerprint density at radius 3 is 2.38 bits per heavy atom. The van der Waals surface area contributed by atoms with Crippen molar-refractivity contribution in [3.05, 3.63) is 64.4 Å². The van der Waals surface area contributed by atoms with Crippen LogP contribution in [0.2, 0.25) is 5.02 Å². The Labute approximate surface area is 141 Å². The van der Waals surface area contributed by atoms with Gasteiger partial charge in [-0.2, -0.15) is 17.5 Å². The second-order valence-corrected chi connectivity index (χ2v) is 7.48. The van der Waals surface area contributed by atoms with E-state index in [-0.39, 0.29) is 6.54 Å². The van der Waals surface area contributed by atoms with Crippen LogP contribution in [0, 0.1) is 5.82 Å². The molecule has 0 unspecified atom stereocenters. The summed E-state index contributed by atoms with van der Waals surface area (Å²) in [6.07, 6.45) is -4.77. The van der Waals surface area contributed by atoms with E-state index in [1.807, 2.05) is 0 Å². The normalized spacial score (nSPS) is 12.6. The summed E-state index contributed by atoms with van der Waals surface area (Å²) in [4.78, 5) is -0.543. The van der Waals surface area contributed by atoms with Gasteiger partial charge < -0.3 is 0 Å². The molecule has 130 valence electrons. The third-order valence-corrected chi connectivity index (χ3v) is 5.37. The van der Waals surface area contributed by atoms with Crippen LogP contribution in [0.3, 0.4) is 0 Å². The average molecular weight is 382 g/mol. The highest BCUT2D eigenvalue weighted by molar-refractivity contribution is 7.89. The Bertz CT molecular complexity index is 853. The number of benzene rings is 2. The average Bonchev–Trinajstić information content (AvgIpc) is 2.46. The fourth-order valence-electron chi connectivity index (χ4n) is 2.04. The molecule has 2 aromatic rings. The van der Waals surface area contributed by atoms with Crippen LogP contribution in [0.5, 0.6) is 0 Å². The van der Waals surface area contributed by atoms with E-state index >= 15 is 0 Å². The second kappa shape index (κ2) is 6.70. The molecular weight excluding hydrogens is 370 g/mol. The minimum atomic E-state index is -4.77. The zero-order valence-corrected chi connectivity index (χ0v) is 13.9. The summed E-state index contributed by atoms with van der Waals surface area (Å²) in [5.74, 6) is -0.538. The molecule has 0 spiro atoms. The molecule has 24 heavy (non-hydrogen) atoms. The van der Waals surface area contributed by atoms with Crippen molar-refractivity contribution in [2.45, 2.75) is 17.6 Å². The van der Waals surface area contributed by atoms with Crippen LogP contribution < -0.4 is 0 Å². The number of rotatable bonds is 4. The fraction of sp³-hybridized carbons (Fsp3) is 0.200. The topological polar surface area (TPSA) is 37.4 Å². The van der Waals surface area contributed by atoms with E-state index in [2.05, 4.69) is 0 Å². The van der Waals surface area contributed by atoms with Crippen LogP contribution in [-0.4, -0.2) is 19.8 Å². The Kier molecular flexibility index (Phi) is 5.22. The lowest BCUT2D eigenvalue weighted by Gasteiger charge is -2.18. The molecule has 0 N–H and O–H groups in total. The van der Waals surface area contributed by atoms with Crippen LogP contribution in [0.15, 0.2) is 47.4 Å². The van der Waals surface area contributed by atoms with Crippen molar-refractivity contribution < 1.29 is 26.0 Å². The molecule has 0 saturated carbocycles. The molecule has 0 aliphatic rings. The first-order valence-corrected chi connectivity index (χ1v) is 8.41. The van der Waals surface area contributed by atoms with Crippen molar-refractivity contribution in [3.63, 3.8) is 0 Å². The van der Waals surface area contributed by atoms with Gasteiger partial charge in [-0.15, -0.1) is 0 Å². The molecule has 0 amide bonds. The zero-order chi connectivity index (χ0) is 18.1. The molecule has 2 aromatic carbocycles. The first-order valence-electron chi connectivity index (χ1n) is 6.59. The SMILES string of the molecule is CN(Cc1cccc(F)c1)S(=O)(=O)c1ccc(Cl)c(C(F)(F)F)c1. The molecule has 9 heteroatoms. The standard InChI is InChI=1S/C15H12ClF4NO2S/c1-21(9-10-3-2-4-11(17)7-10)24(22,23)12-5-6-14(16)13(8-12)15(18,19)20/h2-8H,9H2,1H3. The smallest absolute Gasteiger partial charge is 0.207 e. The van der Waals surface area contributed by atoms with E-state index in [1.54, 1.807) is 0 Å². The van der Waals surface area contributed by atoms with Crippen LogP contribution in [0.4, 0.5) is 17.6 Å². The lowest BCUT2D eigenvalue weighted by molar-refractivity contribution is -0.137. The third-order valence-electron chi connectivity index (χ3n) is 3.25. The second-order valence-electron chi connectivity index (χ2n) is 5.03. The minimum absolute atomic E-state index is 0.190. The summed E-state index contributed by atoms with van der Waals surface area (Å²) in [5.41, 5.74) is -0.865. The largest absolute Gasteiger partial charge is 0.417 e. The Morgan fingerprint density at radius 1 is 1.12 bits per heavy atom. The Morgan fingerprint density at radius 2 is 1.79 bits per heavy atom. The third kappa shape index (κ3) is 4.06. The van der Waals surface area contributed by atoms with Gasteiger partial charge in [0.25, 0.3) is 0 Å². The van der Waals surface area contributed by atoms with E-state index in [9.17, 15) is 26.0 Å². The van der Waals surface area contributed by atoms with Crippen LogP contribution >= 0.6 is 11.6 Å². The van der Waals surface area contributed by atoms with Gasteiger partial charge in [0, 0.05) is 13.6 Å². The number of alkyl halides is 3. The van der Waals surface area contributed by atoms with Crippen molar-refractivity contribution in [3.8, 4) is 0 Å². The van der Waals surface area contributed by atoms with Gasteiger partial charge >= 0.3 is 6.18 Å². The summed E-state index contributed by atoms with van der Waals surface area (Å²) in [6, 6.07) is 7.64. The number of nitrogens with zero attached hydrogens (tertiary/aromatic N) is 1. The summed E-state index contributed by atoms with van der Waals surface area (Å²) < 4.78 is 77.5. The van der Waals surface area contributed by atoms with E-state index in [0.717, 1.165) is 22.5 Å². The number of hydrogen-bond donors (Lipinski definition) is 0. The maximum absolute atomic E-state index is 13.2. The van der Waals surface area contributed by atoms with Gasteiger partial charge in [0.05, 0.1) is 15.5 Å². The van der Waals surface area contributed by atoms with E-state index in [0.29, 0.717) is 11.6 Å². The lowest BCUT2D eigenvalue weighted by Crippen LogP contribution is -2.27. The Hall–Kier alpha value is -1.64. The van der Waals surface area contributed by atoms with Crippen LogP contribution in [0.1, 0.15) is 11.1 Å². The molecule has 0 aliphatic heterocycles. The van der Waals surface area contributed by atoms with Gasteiger partial charge in [0.15, 0.2) is 0 Å². The lowest BCUT2D eigenvalue weighted by atomic mass is 10.2. The molecule has 0 heterocycles. The minimum Gasteiger partial charge on any atom is -0.207 e. The highest BCUT2D eigenvalue weighted by atomic mass is 35.5. The van der Waals surface area contributed by atoms with Gasteiger partial charge in [-0.25, -0.2) is 12.8 Å². The summed E-state index contributed by atoms with van der Waals surface area (Å²) in [6.45, 7) is -0.190. The maximum Gasteiger partial charge on any atom is 0.417 e. The fourth-order valence-corrected chi connectivity index (χ4v) is 3.45. The highest BCUT2D eigenvalue weighted by Gasteiger charge is 2.35. The molecule has 0 aromatic heterocycles. The molecule has 2 rings (SSSR count). The molecule has 0 fully saturated rings. The van der Waals surface area contributed by atoms with E-state index < -0.39 is 37.5 Å². The number of halogens is 5. The van der Waals surface area contributed by atoms with Crippen molar-refractivity contribution in [1.29, 1.82) is 0 Å². The van der Waals surface area contributed by atoms with Gasteiger partial charge in [0.1, 0.15) is 5.82 Å². The predicted molar refractivity (Wildman–Crippen MR) is 81.5 cm³/mol. The summed E-state index contributed by atoms with van der Waals surface area (Å²) in [5, 5.41) is -0.589. The molecule has 0 bridgehead atoms. The first-order chi connectivity index (χ1) is 11.0. The van der Waals surface area contributed by atoms with Crippen molar-refractivity contribution in [1.82, 2.24) is 4.31 Å². The highest BCUT2D eigenvalue weighted by Crippen LogP contribution is 2.36. The quantitative estimate of drug-likeness (QED) is 0.740. The molecule has 0 atom stereocenters. The van der Waals surface area contributed by atoms with Crippen molar-refractivity contribution in [2.24, 2.45) is 0 Å². The van der Waals surface area contributed by atoms with Crippen molar-refractivity contribution >= 4 is 21.6 Å². The monoisotopic (exact) mass is 381 g/mol. The maximum atomic E-state index is 13.2. The molecule has 3 nitrogen and oxygen atoms in total. The molecule has 0 saturated heterocycles. The number of hydrogen-bond acceptors (Lipinski definition) is 2. The predicted octanol–water partition coefficient (Wildman–Crippen LogP) is 4.32. The van der Waals surface area contributed by atoms with E-state index in [1.165, 1.54) is 25.2 Å². The van der Waals surface area contributed by atoms with Gasteiger partial charge in [-0.05, 0) is 35.9 Å². The summed E-state index contributed by atoms with van der Waals surface area (Å²) in [7, 11) is -3.00. The first kappa shape index (κ1) is 18.7.